The van der Waals surface area contributed by atoms with Crippen LogP contribution in [0.2, 0.25) is 10.0 Å². The van der Waals surface area contributed by atoms with E-state index in [0.29, 0.717) is 17.2 Å². The van der Waals surface area contributed by atoms with Crippen LogP contribution >= 0.6 is 23.2 Å². The van der Waals surface area contributed by atoms with Crippen molar-refractivity contribution in [2.45, 2.75) is 6.04 Å². The number of halogens is 2. The predicted octanol–water partition coefficient (Wildman–Crippen LogP) is 3.85. The van der Waals surface area contributed by atoms with Gasteiger partial charge in [0.25, 0.3) is 5.91 Å². The molecule has 1 atom stereocenters. The Bertz CT molecular complexity index is 650. The molecule has 0 aliphatic heterocycles. The molecule has 4 nitrogen and oxygen atoms in total. The van der Waals surface area contributed by atoms with E-state index in [9.17, 15) is 4.79 Å². The summed E-state index contributed by atoms with van der Waals surface area (Å²) >= 11 is 12.1. The molecular formula is C16H16Cl2N2O2. The second kappa shape index (κ2) is 7.58. The molecular weight excluding hydrogens is 323 g/mol. The third kappa shape index (κ3) is 3.58. The Labute approximate surface area is 139 Å². The molecule has 2 aromatic rings. The van der Waals surface area contributed by atoms with Gasteiger partial charge in [-0.3, -0.25) is 9.78 Å². The highest BCUT2D eigenvalue weighted by Crippen LogP contribution is 2.28. The number of amides is 1. The summed E-state index contributed by atoms with van der Waals surface area (Å²) in [6, 6.07) is 10.2. The molecule has 1 aromatic carbocycles. The number of likely N-dealkylation sites (N-methyl/N-ethyl adjacent to an activating group) is 1. The highest BCUT2D eigenvalue weighted by Gasteiger charge is 2.25. The lowest BCUT2D eigenvalue weighted by Gasteiger charge is -2.27. The fraction of sp³-hybridized carbons (Fsp3) is 0.250. The first-order chi connectivity index (χ1) is 10.6. The monoisotopic (exact) mass is 338 g/mol. The van der Waals surface area contributed by atoms with E-state index in [-0.39, 0.29) is 17.0 Å². The Morgan fingerprint density at radius 2 is 2.05 bits per heavy atom. The molecule has 6 heteroatoms. The van der Waals surface area contributed by atoms with Crippen molar-refractivity contribution in [1.82, 2.24) is 9.88 Å². The third-order valence-corrected chi connectivity index (χ3v) is 4.14. The van der Waals surface area contributed by atoms with Gasteiger partial charge in [-0.15, -0.1) is 0 Å². The predicted molar refractivity (Wildman–Crippen MR) is 87.4 cm³/mol. The molecule has 0 fully saturated rings. The molecule has 2 rings (SSSR count). The molecule has 1 heterocycles. The zero-order chi connectivity index (χ0) is 16.1. The first-order valence-corrected chi connectivity index (χ1v) is 7.43. The number of benzene rings is 1. The van der Waals surface area contributed by atoms with Gasteiger partial charge in [-0.25, -0.2) is 0 Å². The van der Waals surface area contributed by atoms with Gasteiger partial charge in [-0.2, -0.15) is 0 Å². The number of methoxy groups -OCH3 is 1. The second-order valence-corrected chi connectivity index (χ2v) is 5.53. The summed E-state index contributed by atoms with van der Waals surface area (Å²) in [6.07, 6.45) is 1.68. The van der Waals surface area contributed by atoms with Gasteiger partial charge >= 0.3 is 0 Å². The third-order valence-electron chi connectivity index (χ3n) is 3.32. The molecule has 1 amide bonds. The normalized spacial score (nSPS) is 12.0. The molecule has 0 spiro atoms. The number of aromatic nitrogens is 1. The van der Waals surface area contributed by atoms with Crippen LogP contribution in [0.15, 0.2) is 42.6 Å². The Kier molecular flexibility index (Phi) is 5.77. The molecule has 116 valence electrons. The van der Waals surface area contributed by atoms with Crippen LogP contribution in [-0.4, -0.2) is 36.6 Å². The summed E-state index contributed by atoms with van der Waals surface area (Å²) < 4.78 is 5.23. The van der Waals surface area contributed by atoms with Crippen LogP contribution in [0.25, 0.3) is 0 Å². The maximum absolute atomic E-state index is 12.7. The van der Waals surface area contributed by atoms with Crippen molar-refractivity contribution in [2.75, 3.05) is 20.8 Å². The molecule has 0 radical (unpaired) electrons. The average molecular weight is 339 g/mol. The fourth-order valence-electron chi connectivity index (χ4n) is 2.13. The summed E-state index contributed by atoms with van der Waals surface area (Å²) in [7, 11) is 3.28. The van der Waals surface area contributed by atoms with Crippen LogP contribution in [0.4, 0.5) is 0 Å². The van der Waals surface area contributed by atoms with E-state index in [1.54, 1.807) is 43.5 Å². The number of pyridine rings is 1. The standard InChI is InChI=1S/C16H16Cl2N2O2/c1-20(14(10-22-2)13-8-3-4-9-19-13)16(21)11-6-5-7-12(17)15(11)18/h3-9,14H,10H2,1-2H3. The molecule has 0 aliphatic carbocycles. The lowest BCUT2D eigenvalue weighted by atomic mass is 10.1. The molecule has 1 aromatic heterocycles. The topological polar surface area (TPSA) is 42.4 Å². The lowest BCUT2D eigenvalue weighted by molar-refractivity contribution is 0.0595. The number of rotatable bonds is 5. The highest BCUT2D eigenvalue weighted by atomic mass is 35.5. The number of ether oxygens (including phenoxy) is 1. The highest BCUT2D eigenvalue weighted by molar-refractivity contribution is 6.43. The van der Waals surface area contributed by atoms with Crippen molar-refractivity contribution in [3.63, 3.8) is 0 Å². The van der Waals surface area contributed by atoms with Gasteiger partial charge in [-0.1, -0.05) is 35.3 Å². The van der Waals surface area contributed by atoms with Gasteiger partial charge in [0.15, 0.2) is 0 Å². The molecule has 1 unspecified atom stereocenters. The van der Waals surface area contributed by atoms with E-state index in [1.165, 1.54) is 0 Å². The van der Waals surface area contributed by atoms with Gasteiger partial charge < -0.3 is 9.64 Å². The fourth-order valence-corrected chi connectivity index (χ4v) is 2.51. The summed E-state index contributed by atoms with van der Waals surface area (Å²) in [5.41, 5.74) is 1.10. The number of carbonyl (C=O) groups excluding carboxylic acids is 1. The Balaban J connectivity index is 2.32. The minimum Gasteiger partial charge on any atom is -0.382 e. The van der Waals surface area contributed by atoms with Gasteiger partial charge in [-0.05, 0) is 24.3 Å². The molecule has 0 bridgehead atoms. The molecule has 0 saturated carbocycles. The smallest absolute Gasteiger partial charge is 0.255 e. The quantitative estimate of drug-likeness (QED) is 0.831. The van der Waals surface area contributed by atoms with E-state index in [4.69, 9.17) is 27.9 Å². The Hall–Kier alpha value is -1.62. The molecule has 0 N–H and O–H groups in total. The van der Waals surface area contributed by atoms with Crippen LogP contribution in [0.5, 0.6) is 0 Å². The van der Waals surface area contributed by atoms with Crippen molar-refractivity contribution < 1.29 is 9.53 Å². The number of hydrogen-bond donors (Lipinski definition) is 0. The van der Waals surface area contributed by atoms with Gasteiger partial charge in [0.05, 0.1) is 34.0 Å². The van der Waals surface area contributed by atoms with Crippen molar-refractivity contribution in [3.05, 3.63) is 63.9 Å². The van der Waals surface area contributed by atoms with Crippen LogP contribution < -0.4 is 0 Å². The summed E-state index contributed by atoms with van der Waals surface area (Å²) in [6.45, 7) is 0.331. The summed E-state index contributed by atoms with van der Waals surface area (Å²) in [5.74, 6) is -0.236. The van der Waals surface area contributed by atoms with Crippen molar-refractivity contribution >= 4 is 29.1 Å². The van der Waals surface area contributed by atoms with E-state index in [2.05, 4.69) is 4.98 Å². The van der Waals surface area contributed by atoms with Crippen molar-refractivity contribution in [3.8, 4) is 0 Å². The van der Waals surface area contributed by atoms with Crippen LogP contribution in [-0.2, 0) is 4.74 Å². The molecule has 0 saturated heterocycles. The minimum absolute atomic E-state index is 0.236. The van der Waals surface area contributed by atoms with Gasteiger partial charge in [0.1, 0.15) is 0 Å². The molecule has 22 heavy (non-hydrogen) atoms. The number of carbonyl (C=O) groups is 1. The number of hydrogen-bond acceptors (Lipinski definition) is 3. The first-order valence-electron chi connectivity index (χ1n) is 6.67. The minimum atomic E-state index is -0.311. The van der Waals surface area contributed by atoms with E-state index < -0.39 is 0 Å². The van der Waals surface area contributed by atoms with Crippen LogP contribution in [0.3, 0.4) is 0 Å². The maximum atomic E-state index is 12.7. The van der Waals surface area contributed by atoms with Gasteiger partial charge in [0, 0.05) is 20.4 Å². The van der Waals surface area contributed by atoms with Crippen molar-refractivity contribution in [1.29, 1.82) is 0 Å². The summed E-state index contributed by atoms with van der Waals surface area (Å²) in [5, 5.41) is 0.597. The van der Waals surface area contributed by atoms with E-state index in [1.807, 2.05) is 18.2 Å². The first kappa shape index (κ1) is 16.7. The van der Waals surface area contributed by atoms with Crippen LogP contribution in [0.1, 0.15) is 22.1 Å². The Morgan fingerprint density at radius 1 is 1.27 bits per heavy atom. The van der Waals surface area contributed by atoms with E-state index >= 15 is 0 Å². The maximum Gasteiger partial charge on any atom is 0.255 e. The van der Waals surface area contributed by atoms with Gasteiger partial charge in [0.2, 0.25) is 0 Å². The number of nitrogens with zero attached hydrogens (tertiary/aromatic N) is 2. The lowest BCUT2D eigenvalue weighted by Crippen LogP contribution is -2.34. The zero-order valence-corrected chi connectivity index (χ0v) is 13.8. The zero-order valence-electron chi connectivity index (χ0n) is 12.3. The van der Waals surface area contributed by atoms with E-state index in [0.717, 1.165) is 5.69 Å². The second-order valence-electron chi connectivity index (χ2n) is 4.74. The SMILES string of the molecule is COCC(c1ccccn1)N(C)C(=O)c1cccc(Cl)c1Cl. The summed E-state index contributed by atoms with van der Waals surface area (Å²) in [4.78, 5) is 18.6. The Morgan fingerprint density at radius 3 is 2.68 bits per heavy atom. The van der Waals surface area contributed by atoms with Crippen molar-refractivity contribution in [2.24, 2.45) is 0 Å². The largest absolute Gasteiger partial charge is 0.382 e. The average Bonchev–Trinajstić information content (AvgIpc) is 2.55. The van der Waals surface area contributed by atoms with Crippen LogP contribution in [0, 0.1) is 0 Å². The molecule has 0 aliphatic rings.